The van der Waals surface area contributed by atoms with E-state index in [0.29, 0.717) is 25.7 Å². The van der Waals surface area contributed by atoms with Crippen LogP contribution in [0, 0.1) is 11.8 Å². The molecule has 194 valence electrons. The monoisotopic (exact) mass is 498 g/mol. The maximum absolute atomic E-state index is 13.1. The van der Waals surface area contributed by atoms with E-state index in [0.717, 1.165) is 12.8 Å². The average Bonchev–Trinajstić information content (AvgIpc) is 2.87. The van der Waals surface area contributed by atoms with Gasteiger partial charge in [0.2, 0.25) is 11.8 Å². The zero-order chi connectivity index (χ0) is 26.5. The standard InChI is InChI=1S/C26H34N4O6/c1-3-5-6-12-18(24(34)28-30-26(36)20-14-8-10-16-22(20)32)17(11-4-2)23(33)27-29-25(35)19-13-7-9-15-21(19)31/h7-10,13-18,31-32H,3-6,11-12H2,1-2H3,(H,27,33)(H,28,34)(H,29,35)(H,30,36). The number of unbranched alkanes of at least 4 members (excludes halogenated alkanes) is 2. The van der Waals surface area contributed by atoms with Crippen LogP contribution in [-0.2, 0) is 9.59 Å². The molecule has 0 spiro atoms. The van der Waals surface area contributed by atoms with E-state index in [1.165, 1.54) is 24.3 Å². The lowest BCUT2D eigenvalue weighted by atomic mass is 9.83. The first-order valence-corrected chi connectivity index (χ1v) is 12.1. The Balaban J connectivity index is 2.11. The molecule has 0 fully saturated rings. The van der Waals surface area contributed by atoms with Crippen molar-refractivity contribution in [2.24, 2.45) is 11.8 Å². The highest BCUT2D eigenvalue weighted by atomic mass is 16.3. The van der Waals surface area contributed by atoms with Gasteiger partial charge in [0.05, 0.1) is 23.0 Å². The van der Waals surface area contributed by atoms with Gasteiger partial charge in [0, 0.05) is 0 Å². The molecule has 10 heteroatoms. The highest BCUT2D eigenvalue weighted by Gasteiger charge is 2.33. The van der Waals surface area contributed by atoms with Crippen molar-refractivity contribution in [3.05, 3.63) is 59.7 Å². The van der Waals surface area contributed by atoms with Crippen LogP contribution >= 0.6 is 0 Å². The molecule has 0 saturated heterocycles. The number of hydrogen-bond acceptors (Lipinski definition) is 6. The van der Waals surface area contributed by atoms with Gasteiger partial charge < -0.3 is 10.2 Å². The SMILES string of the molecule is CCCCCC(C(=O)NNC(=O)c1ccccc1O)C(CCC)C(=O)NNC(=O)c1ccccc1O. The van der Waals surface area contributed by atoms with Crippen molar-refractivity contribution < 1.29 is 29.4 Å². The van der Waals surface area contributed by atoms with Crippen LogP contribution in [0.25, 0.3) is 0 Å². The summed E-state index contributed by atoms with van der Waals surface area (Å²) in [5.74, 6) is -4.50. The van der Waals surface area contributed by atoms with Gasteiger partial charge in [0.15, 0.2) is 0 Å². The van der Waals surface area contributed by atoms with Crippen molar-refractivity contribution in [3.63, 3.8) is 0 Å². The molecule has 0 aliphatic carbocycles. The van der Waals surface area contributed by atoms with Crippen LogP contribution in [0.4, 0.5) is 0 Å². The number of nitrogens with one attached hydrogen (secondary N) is 4. The Morgan fingerprint density at radius 3 is 1.50 bits per heavy atom. The zero-order valence-electron chi connectivity index (χ0n) is 20.5. The van der Waals surface area contributed by atoms with Crippen LogP contribution in [0.15, 0.2) is 48.5 Å². The summed E-state index contributed by atoms with van der Waals surface area (Å²) in [4.78, 5) is 50.9. The molecule has 2 unspecified atom stereocenters. The van der Waals surface area contributed by atoms with Gasteiger partial charge in [-0.15, -0.1) is 0 Å². The molecule has 0 heterocycles. The molecule has 0 aromatic heterocycles. The second kappa shape index (κ2) is 14.3. The summed E-state index contributed by atoms with van der Waals surface area (Å²) in [6.45, 7) is 3.90. The molecular weight excluding hydrogens is 464 g/mol. The topological polar surface area (TPSA) is 157 Å². The Kier molecular flexibility index (Phi) is 11.2. The second-order valence-corrected chi connectivity index (χ2v) is 8.42. The molecule has 2 aromatic carbocycles. The van der Waals surface area contributed by atoms with Crippen molar-refractivity contribution in [3.8, 4) is 11.5 Å². The van der Waals surface area contributed by atoms with Gasteiger partial charge in [-0.05, 0) is 37.1 Å². The largest absolute Gasteiger partial charge is 0.507 e. The molecule has 2 atom stereocenters. The predicted octanol–water partition coefficient (Wildman–Crippen LogP) is 2.93. The number of amides is 4. The lowest BCUT2D eigenvalue weighted by Crippen LogP contribution is -2.51. The van der Waals surface area contributed by atoms with Gasteiger partial charge >= 0.3 is 0 Å². The number of carbonyl (C=O) groups is 4. The van der Waals surface area contributed by atoms with E-state index in [2.05, 4.69) is 21.7 Å². The van der Waals surface area contributed by atoms with E-state index in [9.17, 15) is 29.4 Å². The van der Waals surface area contributed by atoms with Crippen molar-refractivity contribution in [2.45, 2.75) is 52.4 Å². The molecule has 0 saturated carbocycles. The zero-order valence-corrected chi connectivity index (χ0v) is 20.5. The molecular formula is C26H34N4O6. The summed E-state index contributed by atoms with van der Waals surface area (Å²) in [7, 11) is 0. The molecule has 10 nitrogen and oxygen atoms in total. The normalized spacial score (nSPS) is 12.2. The van der Waals surface area contributed by atoms with Crippen LogP contribution in [0.1, 0.15) is 73.1 Å². The predicted molar refractivity (Wildman–Crippen MR) is 133 cm³/mol. The number of carbonyl (C=O) groups excluding carboxylic acids is 4. The Hall–Kier alpha value is -4.08. The Labute approximate surface area is 210 Å². The molecule has 0 bridgehead atoms. The van der Waals surface area contributed by atoms with Crippen molar-refractivity contribution in [1.82, 2.24) is 21.7 Å². The Bertz CT molecular complexity index is 1060. The summed E-state index contributed by atoms with van der Waals surface area (Å²) < 4.78 is 0. The minimum Gasteiger partial charge on any atom is -0.507 e. The third-order valence-corrected chi connectivity index (χ3v) is 5.77. The second-order valence-electron chi connectivity index (χ2n) is 8.42. The number of phenols is 2. The summed E-state index contributed by atoms with van der Waals surface area (Å²) in [6, 6.07) is 11.8. The first-order chi connectivity index (χ1) is 17.3. The number of hydrazine groups is 2. The molecule has 2 rings (SSSR count). The third kappa shape index (κ3) is 8.00. The van der Waals surface area contributed by atoms with E-state index < -0.39 is 35.5 Å². The summed E-state index contributed by atoms with van der Waals surface area (Å²) in [5, 5.41) is 19.7. The molecule has 0 radical (unpaired) electrons. The maximum atomic E-state index is 13.1. The molecule has 36 heavy (non-hydrogen) atoms. The van der Waals surface area contributed by atoms with Gasteiger partial charge in [-0.3, -0.25) is 40.9 Å². The van der Waals surface area contributed by atoms with Gasteiger partial charge in [-0.2, -0.15) is 0 Å². The average molecular weight is 499 g/mol. The first kappa shape index (κ1) is 28.2. The lowest BCUT2D eigenvalue weighted by Gasteiger charge is -2.26. The fourth-order valence-electron chi connectivity index (χ4n) is 3.84. The number of benzene rings is 2. The van der Waals surface area contributed by atoms with Gasteiger partial charge in [0.1, 0.15) is 11.5 Å². The number of rotatable bonds is 11. The molecule has 0 aliphatic rings. The maximum Gasteiger partial charge on any atom is 0.273 e. The molecule has 4 amide bonds. The van der Waals surface area contributed by atoms with Crippen LogP contribution in [0.3, 0.4) is 0 Å². The number of aromatic hydroxyl groups is 2. The van der Waals surface area contributed by atoms with Crippen LogP contribution in [-0.4, -0.2) is 33.8 Å². The Morgan fingerprint density at radius 2 is 1.08 bits per heavy atom. The fourth-order valence-corrected chi connectivity index (χ4v) is 3.84. The van der Waals surface area contributed by atoms with E-state index in [-0.39, 0.29) is 22.6 Å². The van der Waals surface area contributed by atoms with E-state index in [1.54, 1.807) is 24.3 Å². The summed E-state index contributed by atoms with van der Waals surface area (Å²) >= 11 is 0. The molecule has 2 aromatic rings. The van der Waals surface area contributed by atoms with Crippen molar-refractivity contribution >= 4 is 23.6 Å². The van der Waals surface area contributed by atoms with E-state index >= 15 is 0 Å². The number of phenolic OH excluding ortho intramolecular Hbond substituents is 2. The summed E-state index contributed by atoms with van der Waals surface area (Å²) in [6.07, 6.45) is 3.85. The smallest absolute Gasteiger partial charge is 0.273 e. The van der Waals surface area contributed by atoms with Crippen LogP contribution in [0.5, 0.6) is 11.5 Å². The van der Waals surface area contributed by atoms with E-state index in [4.69, 9.17) is 0 Å². The minimum atomic E-state index is -0.779. The highest BCUT2D eigenvalue weighted by Crippen LogP contribution is 2.25. The molecule has 6 N–H and O–H groups in total. The minimum absolute atomic E-state index is 0.00457. The summed E-state index contributed by atoms with van der Waals surface area (Å²) in [5.41, 5.74) is 9.32. The van der Waals surface area contributed by atoms with Gasteiger partial charge in [0.25, 0.3) is 11.8 Å². The van der Waals surface area contributed by atoms with Crippen molar-refractivity contribution in [2.75, 3.05) is 0 Å². The van der Waals surface area contributed by atoms with Gasteiger partial charge in [-0.25, -0.2) is 0 Å². The van der Waals surface area contributed by atoms with Crippen LogP contribution < -0.4 is 21.7 Å². The fraction of sp³-hybridized carbons (Fsp3) is 0.385. The van der Waals surface area contributed by atoms with E-state index in [1.807, 2.05) is 13.8 Å². The van der Waals surface area contributed by atoms with Gasteiger partial charge in [-0.1, -0.05) is 63.8 Å². The van der Waals surface area contributed by atoms with Crippen molar-refractivity contribution in [1.29, 1.82) is 0 Å². The number of para-hydroxylation sites is 2. The Morgan fingerprint density at radius 1 is 0.639 bits per heavy atom. The molecule has 0 aliphatic heterocycles. The lowest BCUT2D eigenvalue weighted by molar-refractivity contribution is -0.136. The first-order valence-electron chi connectivity index (χ1n) is 12.1. The highest BCUT2D eigenvalue weighted by molar-refractivity contribution is 5.99. The number of hydrogen-bond donors (Lipinski definition) is 6. The van der Waals surface area contributed by atoms with Crippen LogP contribution in [0.2, 0.25) is 0 Å². The quantitative estimate of drug-likeness (QED) is 0.207. The third-order valence-electron chi connectivity index (χ3n) is 5.77.